The van der Waals surface area contributed by atoms with E-state index in [1.165, 1.54) is 0 Å². The summed E-state index contributed by atoms with van der Waals surface area (Å²) in [7, 11) is 0. The lowest BCUT2D eigenvalue weighted by Gasteiger charge is -2.07. The van der Waals surface area contributed by atoms with E-state index >= 15 is 0 Å². The molecule has 0 aliphatic heterocycles. The third kappa shape index (κ3) is 1.20. The molecule has 1 nitrogen and oxygen atoms in total. The van der Waals surface area contributed by atoms with Crippen molar-refractivity contribution < 1.29 is 13.6 Å². The van der Waals surface area contributed by atoms with Crippen LogP contribution in [-0.4, -0.2) is 9.71 Å². The SMILES string of the molecule is CC1c2c(F)ccc(F)c2C(=O)C1I. The highest BCUT2D eigenvalue weighted by atomic mass is 127. The molecule has 14 heavy (non-hydrogen) atoms. The van der Waals surface area contributed by atoms with E-state index in [4.69, 9.17) is 0 Å². The summed E-state index contributed by atoms with van der Waals surface area (Å²) in [6.07, 6.45) is 0. The maximum absolute atomic E-state index is 13.3. The van der Waals surface area contributed by atoms with Gasteiger partial charge in [-0.3, -0.25) is 4.79 Å². The topological polar surface area (TPSA) is 17.1 Å². The van der Waals surface area contributed by atoms with Crippen LogP contribution < -0.4 is 0 Å². The number of ketones is 1. The molecular formula is C10H7F2IO. The molecule has 0 heterocycles. The largest absolute Gasteiger partial charge is 0.293 e. The van der Waals surface area contributed by atoms with Crippen molar-refractivity contribution >= 4 is 28.4 Å². The molecule has 0 fully saturated rings. The lowest BCUT2D eigenvalue weighted by Crippen LogP contribution is -2.10. The summed E-state index contributed by atoms with van der Waals surface area (Å²) >= 11 is 1.93. The quantitative estimate of drug-likeness (QED) is 0.532. The Morgan fingerprint density at radius 3 is 2.43 bits per heavy atom. The van der Waals surface area contributed by atoms with Gasteiger partial charge in [0.25, 0.3) is 0 Å². The van der Waals surface area contributed by atoms with Crippen molar-refractivity contribution in [2.24, 2.45) is 0 Å². The number of hydrogen-bond donors (Lipinski definition) is 0. The maximum Gasteiger partial charge on any atom is 0.179 e. The van der Waals surface area contributed by atoms with Gasteiger partial charge in [-0.2, -0.15) is 0 Å². The number of carbonyl (C=O) groups excluding carboxylic acids is 1. The van der Waals surface area contributed by atoms with Crippen LogP contribution in [0.15, 0.2) is 12.1 Å². The highest BCUT2D eigenvalue weighted by molar-refractivity contribution is 14.1. The van der Waals surface area contributed by atoms with Gasteiger partial charge in [-0.15, -0.1) is 0 Å². The Labute approximate surface area is 93.6 Å². The number of hydrogen-bond acceptors (Lipinski definition) is 1. The van der Waals surface area contributed by atoms with Crippen LogP contribution >= 0.6 is 22.6 Å². The van der Waals surface area contributed by atoms with E-state index < -0.39 is 11.6 Å². The van der Waals surface area contributed by atoms with Crippen LogP contribution in [-0.2, 0) is 0 Å². The zero-order valence-corrected chi connectivity index (χ0v) is 9.51. The van der Waals surface area contributed by atoms with Crippen LogP contribution in [0.25, 0.3) is 0 Å². The van der Waals surface area contributed by atoms with E-state index in [0.717, 1.165) is 12.1 Å². The van der Waals surface area contributed by atoms with Gasteiger partial charge in [0.2, 0.25) is 0 Å². The minimum Gasteiger partial charge on any atom is -0.293 e. The predicted molar refractivity (Wildman–Crippen MR) is 56.9 cm³/mol. The number of fused-ring (bicyclic) bond motifs is 1. The van der Waals surface area contributed by atoms with Crippen LogP contribution in [0.5, 0.6) is 0 Å². The fraction of sp³-hybridized carbons (Fsp3) is 0.300. The van der Waals surface area contributed by atoms with Gasteiger partial charge in [0.05, 0.1) is 9.49 Å². The van der Waals surface area contributed by atoms with Gasteiger partial charge in [0.15, 0.2) is 5.78 Å². The number of halogens is 3. The summed E-state index contributed by atoms with van der Waals surface area (Å²) in [6, 6.07) is 2.08. The van der Waals surface area contributed by atoms with Crippen LogP contribution in [0.1, 0.15) is 28.8 Å². The molecule has 4 heteroatoms. The summed E-state index contributed by atoms with van der Waals surface area (Å²) in [4.78, 5) is 11.6. The molecule has 1 aliphatic rings. The number of rotatable bonds is 0. The summed E-state index contributed by atoms with van der Waals surface area (Å²) in [5.74, 6) is -1.64. The fourth-order valence-corrected chi connectivity index (χ4v) is 2.45. The zero-order valence-electron chi connectivity index (χ0n) is 7.35. The molecule has 0 amide bonds. The molecule has 1 aliphatic carbocycles. The number of alkyl halides is 1. The van der Waals surface area contributed by atoms with Gasteiger partial charge in [-0.25, -0.2) is 8.78 Å². The molecule has 1 aromatic rings. The van der Waals surface area contributed by atoms with Gasteiger partial charge >= 0.3 is 0 Å². The van der Waals surface area contributed by atoms with Crippen molar-refractivity contribution in [3.8, 4) is 0 Å². The first-order valence-electron chi connectivity index (χ1n) is 4.20. The Bertz CT molecular complexity index is 417. The van der Waals surface area contributed by atoms with E-state index in [1.54, 1.807) is 6.92 Å². The molecule has 2 unspecified atom stereocenters. The summed E-state index contributed by atoms with van der Waals surface area (Å²) in [5, 5.41) is 0. The van der Waals surface area contributed by atoms with Crippen molar-refractivity contribution in [2.45, 2.75) is 16.8 Å². The van der Waals surface area contributed by atoms with Crippen LogP contribution in [0.2, 0.25) is 0 Å². The van der Waals surface area contributed by atoms with Gasteiger partial charge in [0, 0.05) is 11.5 Å². The molecule has 74 valence electrons. The van der Waals surface area contributed by atoms with Crippen LogP contribution in [0, 0.1) is 11.6 Å². The third-order valence-electron chi connectivity index (χ3n) is 2.53. The lowest BCUT2D eigenvalue weighted by atomic mass is 10.0. The average molecular weight is 308 g/mol. The fourth-order valence-electron chi connectivity index (χ4n) is 1.77. The van der Waals surface area contributed by atoms with E-state index in [-0.39, 0.29) is 26.8 Å². The molecular weight excluding hydrogens is 301 g/mol. The first kappa shape index (κ1) is 10.0. The average Bonchev–Trinajstić information content (AvgIpc) is 2.38. The van der Waals surface area contributed by atoms with Crippen molar-refractivity contribution in [1.82, 2.24) is 0 Å². The van der Waals surface area contributed by atoms with Crippen LogP contribution in [0.3, 0.4) is 0 Å². The third-order valence-corrected chi connectivity index (χ3v) is 4.18. The maximum atomic E-state index is 13.3. The summed E-state index contributed by atoms with van der Waals surface area (Å²) < 4.78 is 26.3. The van der Waals surface area contributed by atoms with Crippen molar-refractivity contribution in [3.63, 3.8) is 0 Å². The second-order valence-corrected chi connectivity index (χ2v) is 4.71. The first-order valence-corrected chi connectivity index (χ1v) is 5.44. The monoisotopic (exact) mass is 308 g/mol. The van der Waals surface area contributed by atoms with Gasteiger partial charge in [-0.1, -0.05) is 29.5 Å². The van der Waals surface area contributed by atoms with Crippen LogP contribution in [0.4, 0.5) is 8.78 Å². The molecule has 0 bridgehead atoms. The number of Topliss-reactive ketones (excluding diaryl/α,β-unsaturated/α-hetero) is 1. The Kier molecular flexibility index (Phi) is 2.33. The second-order valence-electron chi connectivity index (χ2n) is 3.37. The second kappa shape index (κ2) is 3.25. The standard InChI is InChI=1S/C10H7F2IO/c1-4-7-5(11)2-3-6(12)8(7)10(14)9(4)13/h2-4,9H,1H3. The van der Waals surface area contributed by atoms with Gasteiger partial charge < -0.3 is 0 Å². The Morgan fingerprint density at radius 2 is 1.86 bits per heavy atom. The zero-order chi connectivity index (χ0) is 10.5. The van der Waals surface area contributed by atoms with Gasteiger partial charge in [0.1, 0.15) is 11.6 Å². The highest BCUT2D eigenvalue weighted by Crippen LogP contribution is 2.40. The first-order chi connectivity index (χ1) is 6.54. The molecule has 0 saturated carbocycles. The predicted octanol–water partition coefficient (Wildman–Crippen LogP) is 3.07. The van der Waals surface area contributed by atoms with Crippen molar-refractivity contribution in [3.05, 3.63) is 34.9 Å². The molecule has 0 aromatic heterocycles. The molecule has 0 saturated heterocycles. The Hall–Kier alpha value is -0.520. The number of carbonyl (C=O) groups is 1. The molecule has 0 spiro atoms. The molecule has 0 radical (unpaired) electrons. The van der Waals surface area contributed by atoms with E-state index in [0.29, 0.717) is 0 Å². The molecule has 2 rings (SSSR count). The smallest absolute Gasteiger partial charge is 0.179 e. The molecule has 2 atom stereocenters. The summed E-state index contributed by atoms with van der Waals surface area (Å²) in [6.45, 7) is 1.74. The summed E-state index contributed by atoms with van der Waals surface area (Å²) in [5.41, 5.74) is 0.173. The Balaban J connectivity index is 2.74. The van der Waals surface area contributed by atoms with E-state index in [9.17, 15) is 13.6 Å². The van der Waals surface area contributed by atoms with E-state index in [2.05, 4.69) is 0 Å². The molecule has 1 aromatic carbocycles. The minimum absolute atomic E-state index is 0.0584. The Morgan fingerprint density at radius 1 is 1.29 bits per heavy atom. The highest BCUT2D eigenvalue weighted by Gasteiger charge is 2.39. The lowest BCUT2D eigenvalue weighted by molar-refractivity contribution is 0.0998. The van der Waals surface area contributed by atoms with Crippen molar-refractivity contribution in [2.75, 3.05) is 0 Å². The van der Waals surface area contributed by atoms with E-state index in [1.807, 2.05) is 22.6 Å². The normalized spacial score (nSPS) is 25.3. The minimum atomic E-state index is -0.614. The van der Waals surface area contributed by atoms with Crippen molar-refractivity contribution in [1.29, 1.82) is 0 Å². The number of benzene rings is 1. The van der Waals surface area contributed by atoms with Gasteiger partial charge in [-0.05, 0) is 12.1 Å². The molecule has 0 N–H and O–H groups in total.